The van der Waals surface area contributed by atoms with Crippen molar-refractivity contribution < 1.29 is 14.3 Å². The lowest BCUT2D eigenvalue weighted by Gasteiger charge is -2.16. The second-order valence-corrected chi connectivity index (χ2v) is 5.27. The number of carbonyl (C=O) groups is 1. The molecule has 0 bridgehead atoms. The summed E-state index contributed by atoms with van der Waals surface area (Å²) in [5, 5.41) is 9.44. The van der Waals surface area contributed by atoms with Crippen LogP contribution in [-0.2, 0) is 17.8 Å². The van der Waals surface area contributed by atoms with Crippen molar-refractivity contribution >= 4 is 5.97 Å². The molecule has 1 aromatic rings. The topological polar surface area (TPSA) is 63.3 Å². The highest BCUT2D eigenvalue weighted by Gasteiger charge is 2.37. The van der Waals surface area contributed by atoms with E-state index < -0.39 is 11.9 Å². The summed E-state index contributed by atoms with van der Waals surface area (Å²) in [6.07, 6.45) is 3.59. The fraction of sp³-hybridized carbons (Fsp3) is 0.533. The molecule has 0 fully saturated rings. The molecule has 2 atom stereocenters. The molecular formula is C15H20FNO2. The molecule has 2 rings (SSSR count). The van der Waals surface area contributed by atoms with Gasteiger partial charge in [-0.1, -0.05) is 25.8 Å². The minimum Gasteiger partial charge on any atom is -0.481 e. The zero-order valence-electron chi connectivity index (χ0n) is 11.2. The van der Waals surface area contributed by atoms with Crippen LogP contribution >= 0.6 is 0 Å². The van der Waals surface area contributed by atoms with E-state index in [1.54, 1.807) is 6.07 Å². The van der Waals surface area contributed by atoms with E-state index in [4.69, 9.17) is 5.73 Å². The lowest BCUT2D eigenvalue weighted by molar-refractivity contribution is -0.139. The highest BCUT2D eigenvalue weighted by atomic mass is 19.1. The molecule has 3 N–H and O–H groups in total. The summed E-state index contributed by atoms with van der Waals surface area (Å²) in [7, 11) is 0. The Balaban J connectivity index is 2.36. The number of carboxylic acid groups (broad SMARTS) is 1. The van der Waals surface area contributed by atoms with Gasteiger partial charge in [0.25, 0.3) is 0 Å². The van der Waals surface area contributed by atoms with E-state index in [2.05, 4.69) is 6.92 Å². The minimum absolute atomic E-state index is 0.0832. The number of nitrogens with two attached hydrogens (primary N) is 1. The van der Waals surface area contributed by atoms with Gasteiger partial charge in [0.05, 0.1) is 5.92 Å². The SMILES string of the molecule is CCCCC1Cc2cc(F)c(CN)cc2C1C(=O)O. The molecule has 4 heteroatoms. The van der Waals surface area contributed by atoms with Crippen molar-refractivity contribution in [1.82, 2.24) is 0 Å². The normalized spacial score (nSPS) is 21.4. The molecule has 19 heavy (non-hydrogen) atoms. The Labute approximate surface area is 112 Å². The standard InChI is InChI=1S/C15H20FNO2/c1-2-3-4-9-5-10-7-13(16)11(8-17)6-12(10)14(9)15(18)19/h6-7,9,14H,2-5,8,17H2,1H3,(H,18,19). The van der Waals surface area contributed by atoms with Crippen LogP contribution in [0.1, 0.15) is 48.8 Å². The van der Waals surface area contributed by atoms with Gasteiger partial charge in [-0.3, -0.25) is 4.79 Å². The molecule has 2 unspecified atom stereocenters. The second kappa shape index (κ2) is 5.70. The van der Waals surface area contributed by atoms with Crippen LogP contribution in [-0.4, -0.2) is 11.1 Å². The minimum atomic E-state index is -0.811. The van der Waals surface area contributed by atoms with Crippen molar-refractivity contribution in [3.05, 3.63) is 34.6 Å². The fourth-order valence-corrected chi connectivity index (χ4v) is 3.03. The zero-order chi connectivity index (χ0) is 14.0. The molecule has 0 aliphatic heterocycles. The molecule has 0 aromatic heterocycles. The first-order valence-electron chi connectivity index (χ1n) is 6.82. The zero-order valence-corrected chi connectivity index (χ0v) is 11.2. The average Bonchev–Trinajstić information content (AvgIpc) is 2.72. The monoisotopic (exact) mass is 265 g/mol. The smallest absolute Gasteiger partial charge is 0.311 e. The lowest BCUT2D eigenvalue weighted by Crippen LogP contribution is -2.17. The molecule has 104 valence electrons. The number of carboxylic acids is 1. The number of hydrogen-bond acceptors (Lipinski definition) is 2. The summed E-state index contributed by atoms with van der Waals surface area (Å²) in [5.41, 5.74) is 7.49. The molecule has 1 aliphatic rings. The van der Waals surface area contributed by atoms with Gasteiger partial charge in [-0.2, -0.15) is 0 Å². The van der Waals surface area contributed by atoms with Crippen molar-refractivity contribution in [2.45, 2.75) is 45.1 Å². The Morgan fingerprint density at radius 3 is 2.84 bits per heavy atom. The first-order chi connectivity index (χ1) is 9.08. The molecule has 0 heterocycles. The van der Waals surface area contributed by atoms with Crippen LogP contribution in [0.15, 0.2) is 12.1 Å². The first kappa shape index (κ1) is 14.0. The summed E-state index contributed by atoms with van der Waals surface area (Å²) in [6.45, 7) is 2.19. The van der Waals surface area contributed by atoms with Crippen LogP contribution in [0.4, 0.5) is 4.39 Å². The van der Waals surface area contributed by atoms with E-state index in [-0.39, 0.29) is 18.3 Å². The maximum atomic E-state index is 13.7. The van der Waals surface area contributed by atoms with Crippen LogP contribution < -0.4 is 5.73 Å². The van der Waals surface area contributed by atoms with Crippen LogP contribution in [0.3, 0.4) is 0 Å². The molecule has 0 amide bonds. The van der Waals surface area contributed by atoms with E-state index in [9.17, 15) is 14.3 Å². The van der Waals surface area contributed by atoms with Crippen LogP contribution in [0, 0.1) is 11.7 Å². The van der Waals surface area contributed by atoms with Gasteiger partial charge in [-0.15, -0.1) is 0 Å². The molecule has 0 spiro atoms. The predicted molar refractivity (Wildman–Crippen MR) is 71.4 cm³/mol. The molecule has 0 saturated carbocycles. The summed E-state index contributed by atoms with van der Waals surface area (Å²) in [4.78, 5) is 11.5. The van der Waals surface area contributed by atoms with Gasteiger partial charge >= 0.3 is 5.97 Å². The van der Waals surface area contributed by atoms with Gasteiger partial charge in [0.2, 0.25) is 0 Å². The van der Waals surface area contributed by atoms with Gasteiger partial charge < -0.3 is 10.8 Å². The van der Waals surface area contributed by atoms with Gasteiger partial charge in [-0.25, -0.2) is 4.39 Å². The summed E-state index contributed by atoms with van der Waals surface area (Å²) in [5.74, 6) is -1.55. The Morgan fingerprint density at radius 2 is 2.26 bits per heavy atom. The molecule has 3 nitrogen and oxygen atoms in total. The number of fused-ring (bicyclic) bond motifs is 1. The number of benzene rings is 1. The molecular weight excluding hydrogens is 245 g/mol. The quantitative estimate of drug-likeness (QED) is 0.860. The van der Waals surface area contributed by atoms with Gasteiger partial charge in [0.1, 0.15) is 5.82 Å². The number of aliphatic carboxylic acids is 1. The van der Waals surface area contributed by atoms with Crippen LogP contribution in [0.5, 0.6) is 0 Å². The number of hydrogen-bond donors (Lipinski definition) is 2. The first-order valence-corrected chi connectivity index (χ1v) is 6.82. The maximum Gasteiger partial charge on any atom is 0.311 e. The van der Waals surface area contributed by atoms with E-state index in [1.807, 2.05) is 0 Å². The van der Waals surface area contributed by atoms with Crippen LogP contribution in [0.25, 0.3) is 0 Å². The number of halogens is 1. The third-order valence-corrected chi connectivity index (χ3v) is 4.01. The van der Waals surface area contributed by atoms with Crippen molar-refractivity contribution in [3.63, 3.8) is 0 Å². The average molecular weight is 265 g/mol. The highest BCUT2D eigenvalue weighted by molar-refractivity contribution is 5.78. The Bertz CT molecular complexity index is 487. The fourth-order valence-electron chi connectivity index (χ4n) is 3.03. The van der Waals surface area contributed by atoms with E-state index in [1.165, 1.54) is 6.07 Å². The van der Waals surface area contributed by atoms with Crippen molar-refractivity contribution in [3.8, 4) is 0 Å². The summed E-state index contributed by atoms with van der Waals surface area (Å²) in [6, 6.07) is 3.12. The third kappa shape index (κ3) is 2.63. The molecule has 1 aliphatic carbocycles. The van der Waals surface area contributed by atoms with E-state index >= 15 is 0 Å². The third-order valence-electron chi connectivity index (χ3n) is 4.01. The summed E-state index contributed by atoms with van der Waals surface area (Å²) < 4.78 is 13.7. The maximum absolute atomic E-state index is 13.7. The molecule has 0 radical (unpaired) electrons. The van der Waals surface area contributed by atoms with Crippen LogP contribution in [0.2, 0.25) is 0 Å². The van der Waals surface area contributed by atoms with Gasteiger partial charge in [-0.05, 0) is 36.0 Å². The van der Waals surface area contributed by atoms with E-state index in [0.29, 0.717) is 12.0 Å². The van der Waals surface area contributed by atoms with Gasteiger partial charge in [0, 0.05) is 12.1 Å². The Morgan fingerprint density at radius 1 is 1.53 bits per heavy atom. The molecule has 0 saturated heterocycles. The summed E-state index contributed by atoms with van der Waals surface area (Å²) >= 11 is 0. The van der Waals surface area contributed by atoms with Gasteiger partial charge in [0.15, 0.2) is 0 Å². The number of rotatable bonds is 5. The molecule has 1 aromatic carbocycles. The predicted octanol–water partition coefficient (Wildman–Crippen LogP) is 2.82. The largest absolute Gasteiger partial charge is 0.481 e. The van der Waals surface area contributed by atoms with E-state index in [0.717, 1.165) is 30.4 Å². The second-order valence-electron chi connectivity index (χ2n) is 5.27. The van der Waals surface area contributed by atoms with Crippen molar-refractivity contribution in [2.75, 3.05) is 0 Å². The van der Waals surface area contributed by atoms with Crippen molar-refractivity contribution in [2.24, 2.45) is 11.7 Å². The Kier molecular flexibility index (Phi) is 4.20. The highest BCUT2D eigenvalue weighted by Crippen LogP contribution is 2.41. The number of unbranched alkanes of at least 4 members (excludes halogenated alkanes) is 1. The Hall–Kier alpha value is -1.42. The van der Waals surface area contributed by atoms with Crippen molar-refractivity contribution in [1.29, 1.82) is 0 Å². The lowest BCUT2D eigenvalue weighted by atomic mass is 9.88.